The Morgan fingerprint density at radius 1 is 0.712 bits per heavy atom. The number of nitrogens with one attached hydrogen (secondary N) is 1. The first-order chi connectivity index (χ1) is 24.8. The maximum Gasteiger partial charge on any atom is 0.425 e. The van der Waals surface area contributed by atoms with Crippen LogP contribution < -0.4 is 11.1 Å². The van der Waals surface area contributed by atoms with E-state index < -0.39 is 37.1 Å². The Bertz CT molecular complexity index is 2090. The highest BCUT2D eigenvalue weighted by molar-refractivity contribution is 7.86. The number of phenols is 1. The number of aromatic hydroxyl groups is 1. The zero-order valence-electron chi connectivity index (χ0n) is 30.5. The summed E-state index contributed by atoms with van der Waals surface area (Å²) >= 11 is 0. The van der Waals surface area contributed by atoms with Gasteiger partial charge in [-0.25, -0.2) is 4.98 Å². The third-order valence-electron chi connectivity index (χ3n) is 5.65. The average Bonchev–Trinajstić information content (AvgIpc) is 3.13. The fourth-order valence-corrected chi connectivity index (χ4v) is 4.43. The van der Waals surface area contributed by atoms with Gasteiger partial charge >= 0.3 is 10.6 Å². The van der Waals surface area contributed by atoms with Crippen LogP contribution in [0.1, 0.15) is 53.2 Å². The van der Waals surface area contributed by atoms with Crippen molar-refractivity contribution in [2.24, 2.45) is 20.5 Å². The summed E-state index contributed by atoms with van der Waals surface area (Å²) in [5.74, 6) is 1.57. The molecular weight excluding hydrogens is 711 g/mol. The van der Waals surface area contributed by atoms with Crippen molar-refractivity contribution in [1.82, 2.24) is 15.0 Å². The van der Waals surface area contributed by atoms with Crippen LogP contribution in [-0.4, -0.2) is 52.7 Å². The topological polar surface area (TPSA) is 252 Å². The molecule has 18 heteroatoms. The van der Waals surface area contributed by atoms with Crippen LogP contribution in [0.3, 0.4) is 0 Å². The van der Waals surface area contributed by atoms with Crippen molar-refractivity contribution in [1.29, 1.82) is 0 Å². The highest BCUT2D eigenvalue weighted by Gasteiger charge is 2.24. The van der Waals surface area contributed by atoms with E-state index in [1.165, 1.54) is 12.1 Å². The molecule has 0 saturated carbocycles. The molecule has 1 aromatic heterocycles. The molecular formula is C34H45N9O7S2. The number of nitrogens with two attached hydrogens (primary N) is 1. The van der Waals surface area contributed by atoms with Gasteiger partial charge in [0.05, 0.1) is 22.4 Å². The summed E-state index contributed by atoms with van der Waals surface area (Å²) in [6.07, 6.45) is 0. The number of hydrogen-bond donors (Lipinski definition) is 4. The van der Waals surface area contributed by atoms with E-state index in [4.69, 9.17) is 18.4 Å². The van der Waals surface area contributed by atoms with Crippen LogP contribution in [0.5, 0.6) is 5.75 Å². The smallest absolute Gasteiger partial charge is 0.425 e. The van der Waals surface area contributed by atoms with Crippen LogP contribution in [0.2, 0.25) is 0 Å². The van der Waals surface area contributed by atoms with Gasteiger partial charge in [-0.2, -0.15) is 28.6 Å². The molecule has 16 nitrogen and oxygen atoms in total. The molecule has 4 aromatic carbocycles. The fourth-order valence-electron chi connectivity index (χ4n) is 3.77. The van der Waals surface area contributed by atoms with E-state index in [-0.39, 0.29) is 22.1 Å². The Hall–Kier alpha value is -5.72. The molecule has 0 fully saturated rings. The number of benzene rings is 4. The third kappa shape index (κ3) is 15.4. The quantitative estimate of drug-likeness (QED) is 0.0720. The molecule has 0 aliphatic carbocycles. The maximum absolute atomic E-state index is 12.0. The number of phenolic OH excluding ortho intramolecular Hbond substituents is 1. The predicted octanol–water partition coefficient (Wildman–Crippen LogP) is 8.81. The van der Waals surface area contributed by atoms with Crippen LogP contribution >= 0.6 is 0 Å². The Kier molecular flexibility index (Phi) is 21.7. The SMILES string of the molecule is CC.CC.CC.CNc1nc(C)nc(C)n1.Nc1c(N=Nc2ccccc2)ccc2cc(S(=O)(=O)O)c(N=Nc3ccccc3)c(O)c12.O=S(=O)=O. The van der Waals surface area contributed by atoms with Crippen molar-refractivity contribution in [3.8, 4) is 5.75 Å². The third-order valence-corrected chi connectivity index (χ3v) is 6.51. The lowest BCUT2D eigenvalue weighted by Crippen LogP contribution is -2.01. The number of azo groups is 2. The first kappa shape index (κ1) is 46.3. The molecule has 0 aliphatic rings. The van der Waals surface area contributed by atoms with Crippen molar-refractivity contribution in [2.45, 2.75) is 60.3 Å². The summed E-state index contributed by atoms with van der Waals surface area (Å²) in [6, 6.07) is 21.7. The Morgan fingerprint density at radius 3 is 1.58 bits per heavy atom. The Balaban J connectivity index is 0.00000108. The Morgan fingerprint density at radius 2 is 1.15 bits per heavy atom. The average molecular weight is 756 g/mol. The lowest BCUT2D eigenvalue weighted by atomic mass is 10.1. The lowest BCUT2D eigenvalue weighted by Gasteiger charge is -2.11. The molecule has 0 atom stereocenters. The van der Waals surface area contributed by atoms with Crippen molar-refractivity contribution in [3.63, 3.8) is 0 Å². The normalized spacial score (nSPS) is 10.1. The van der Waals surface area contributed by atoms with E-state index in [9.17, 15) is 18.1 Å². The van der Waals surface area contributed by atoms with Crippen LogP contribution in [0.15, 0.2) is 104 Å². The van der Waals surface area contributed by atoms with Gasteiger partial charge in [0.25, 0.3) is 10.1 Å². The number of hydrogen-bond acceptors (Lipinski definition) is 15. The summed E-state index contributed by atoms with van der Waals surface area (Å²) in [7, 11) is -6.04. The summed E-state index contributed by atoms with van der Waals surface area (Å²) in [5.41, 5.74) is 7.15. The van der Waals surface area contributed by atoms with Gasteiger partial charge in [-0.1, -0.05) is 84.0 Å². The van der Waals surface area contributed by atoms with Gasteiger partial charge in [-0.15, -0.1) is 22.9 Å². The molecule has 0 spiro atoms. The number of fused-ring (bicyclic) bond motifs is 1. The second kappa shape index (κ2) is 24.4. The summed E-state index contributed by atoms with van der Waals surface area (Å²) in [4.78, 5) is 11.5. The minimum absolute atomic E-state index is 0.0673. The molecule has 0 bridgehead atoms. The molecule has 0 aliphatic heterocycles. The summed E-state index contributed by atoms with van der Waals surface area (Å²) < 4.78 is 58.9. The van der Waals surface area contributed by atoms with Crippen molar-refractivity contribution >= 4 is 65.9 Å². The zero-order chi connectivity index (χ0) is 39.9. The highest BCUT2D eigenvalue weighted by Crippen LogP contribution is 2.46. The van der Waals surface area contributed by atoms with Crippen molar-refractivity contribution in [2.75, 3.05) is 18.1 Å². The lowest BCUT2D eigenvalue weighted by molar-refractivity contribution is 0.472. The molecule has 1 heterocycles. The fraction of sp³-hybridized carbons (Fsp3) is 0.265. The first-order valence-electron chi connectivity index (χ1n) is 15.9. The molecule has 5 aromatic rings. The second-order valence-corrected chi connectivity index (χ2v) is 10.7. The van der Waals surface area contributed by atoms with Crippen LogP contribution in [-0.2, 0) is 20.7 Å². The maximum atomic E-state index is 12.0. The van der Waals surface area contributed by atoms with E-state index in [0.717, 1.165) is 17.7 Å². The molecule has 0 radical (unpaired) electrons. The summed E-state index contributed by atoms with van der Waals surface area (Å²) in [5, 5.41) is 30.2. The first-order valence-corrected chi connectivity index (χ1v) is 18.4. The van der Waals surface area contributed by atoms with Gasteiger partial charge < -0.3 is 16.2 Å². The minimum atomic E-state index is -4.72. The highest BCUT2D eigenvalue weighted by atomic mass is 32.2. The second-order valence-electron chi connectivity index (χ2n) is 8.92. The minimum Gasteiger partial charge on any atom is -0.505 e. The number of aromatic nitrogens is 3. The standard InChI is InChI=1S/C22H17N5O4S.C6H10N4.3C2H6.O3S/c23-20-17(26-24-15-7-3-1-4-8-15)12-11-14-13-18(32(29,30)31)21(22(28)19(14)20)27-25-16-9-5-2-6-10-16;1-4-8-5(2)10-6(7-3)9-4;3*1-2;1-4(2)3/h1-13,28H,23H2,(H,29,30,31);1-3H3,(H,7,8,9,10);3*1-2H3;. The zero-order valence-corrected chi connectivity index (χ0v) is 32.1. The van der Waals surface area contributed by atoms with Crippen LogP contribution in [0, 0.1) is 13.8 Å². The van der Waals surface area contributed by atoms with E-state index in [2.05, 4.69) is 40.7 Å². The van der Waals surface area contributed by atoms with Crippen molar-refractivity contribution < 1.29 is 30.7 Å². The van der Waals surface area contributed by atoms with Gasteiger partial charge in [0.1, 0.15) is 27.9 Å². The van der Waals surface area contributed by atoms with Crippen LogP contribution in [0.4, 0.5) is 34.4 Å². The van der Waals surface area contributed by atoms with Gasteiger partial charge in [0, 0.05) is 7.05 Å². The van der Waals surface area contributed by atoms with Crippen LogP contribution in [0.25, 0.3) is 10.8 Å². The molecule has 52 heavy (non-hydrogen) atoms. The largest absolute Gasteiger partial charge is 0.505 e. The molecule has 280 valence electrons. The molecule has 0 amide bonds. The van der Waals surface area contributed by atoms with Gasteiger partial charge in [0.15, 0.2) is 5.75 Å². The number of nitrogen functional groups attached to an aromatic ring is 1. The van der Waals surface area contributed by atoms with E-state index >= 15 is 0 Å². The van der Waals surface area contributed by atoms with Gasteiger partial charge in [0.2, 0.25) is 5.95 Å². The van der Waals surface area contributed by atoms with Gasteiger partial charge in [-0.05, 0) is 55.6 Å². The number of anilines is 2. The number of nitrogens with zero attached hydrogens (tertiary/aromatic N) is 7. The van der Waals surface area contributed by atoms with E-state index in [1.54, 1.807) is 49.5 Å². The molecule has 0 saturated heterocycles. The predicted molar refractivity (Wildman–Crippen MR) is 204 cm³/mol. The molecule has 0 unspecified atom stereocenters. The Labute approximate surface area is 305 Å². The monoisotopic (exact) mass is 755 g/mol. The number of aryl methyl sites for hydroxylation is 2. The van der Waals surface area contributed by atoms with E-state index in [1.807, 2.05) is 73.6 Å². The molecule has 5 N–H and O–H groups in total. The van der Waals surface area contributed by atoms with Gasteiger partial charge in [-0.3, -0.25) is 4.55 Å². The number of rotatable bonds is 6. The van der Waals surface area contributed by atoms with E-state index in [0.29, 0.717) is 17.3 Å². The molecule has 5 rings (SSSR count). The summed E-state index contributed by atoms with van der Waals surface area (Å²) in [6.45, 7) is 15.7. The van der Waals surface area contributed by atoms with Crippen molar-refractivity contribution in [3.05, 3.63) is 90.5 Å².